The Balaban J connectivity index is 1.89. The second kappa shape index (κ2) is 6.69. The molecule has 0 saturated carbocycles. The van der Waals surface area contributed by atoms with Gasteiger partial charge in [-0.25, -0.2) is 0 Å². The summed E-state index contributed by atoms with van der Waals surface area (Å²) in [6, 6.07) is 14.6. The first-order valence-corrected chi connectivity index (χ1v) is 9.55. The van der Waals surface area contributed by atoms with Crippen molar-refractivity contribution in [2.75, 3.05) is 11.5 Å². The first-order valence-electron chi connectivity index (χ1n) is 8.76. The summed E-state index contributed by atoms with van der Waals surface area (Å²) in [6.45, 7) is 3.95. The van der Waals surface area contributed by atoms with Crippen LogP contribution < -0.4 is 15.0 Å². The van der Waals surface area contributed by atoms with Crippen LogP contribution in [0.4, 0.5) is 5.69 Å². The molecule has 0 radical (unpaired) electrons. The summed E-state index contributed by atoms with van der Waals surface area (Å²) in [7, 11) is 0. The molecule has 2 heterocycles. The number of nitrogens with zero attached hydrogens (tertiary/aromatic N) is 1. The quantitative estimate of drug-likeness (QED) is 0.617. The van der Waals surface area contributed by atoms with Crippen molar-refractivity contribution in [3.05, 3.63) is 59.1 Å². The van der Waals surface area contributed by atoms with Crippen LogP contribution >= 0.6 is 23.8 Å². The van der Waals surface area contributed by atoms with Crippen molar-refractivity contribution in [3.63, 3.8) is 0 Å². The van der Waals surface area contributed by atoms with E-state index in [9.17, 15) is 4.79 Å². The van der Waals surface area contributed by atoms with E-state index in [4.69, 9.17) is 33.3 Å². The highest BCUT2D eigenvalue weighted by Crippen LogP contribution is 2.49. The van der Waals surface area contributed by atoms with Crippen LogP contribution in [0, 0.1) is 5.92 Å². The lowest BCUT2D eigenvalue weighted by Gasteiger charge is -2.55. The van der Waals surface area contributed by atoms with E-state index in [1.165, 1.54) is 0 Å². The summed E-state index contributed by atoms with van der Waals surface area (Å²) < 4.78 is 11.8. The maximum Gasteiger partial charge on any atom is 0.317 e. The SMILES string of the molecule is CCOC(=O)[C@@H]1[C@@H]2NC(=S)N(c3cccc(Cl)c3)[C@@]1(C)Oc1ccccc12. The van der Waals surface area contributed by atoms with Gasteiger partial charge in [0.2, 0.25) is 5.72 Å². The minimum absolute atomic E-state index is 0.293. The molecule has 2 aromatic rings. The minimum atomic E-state index is -1.06. The third-order valence-corrected chi connectivity index (χ3v) is 5.55. The average Bonchev–Trinajstić information content (AvgIpc) is 2.61. The Morgan fingerprint density at radius 3 is 2.85 bits per heavy atom. The van der Waals surface area contributed by atoms with Gasteiger partial charge >= 0.3 is 5.97 Å². The van der Waals surface area contributed by atoms with Gasteiger partial charge in [-0.1, -0.05) is 35.9 Å². The average molecular weight is 403 g/mol. The largest absolute Gasteiger partial charge is 0.466 e. The van der Waals surface area contributed by atoms with Crippen molar-refractivity contribution in [2.24, 2.45) is 5.92 Å². The zero-order valence-electron chi connectivity index (χ0n) is 14.9. The van der Waals surface area contributed by atoms with Gasteiger partial charge in [-0.05, 0) is 50.3 Å². The van der Waals surface area contributed by atoms with Gasteiger partial charge in [0, 0.05) is 16.3 Å². The van der Waals surface area contributed by atoms with Gasteiger partial charge in [-0.2, -0.15) is 0 Å². The predicted octanol–water partition coefficient (Wildman–Crippen LogP) is 4.06. The first-order chi connectivity index (χ1) is 13.0. The fourth-order valence-electron chi connectivity index (χ4n) is 3.93. The van der Waals surface area contributed by atoms with Crippen molar-refractivity contribution >= 4 is 40.6 Å². The Bertz CT molecular complexity index is 922. The number of carbonyl (C=O) groups excluding carboxylic acids is 1. The van der Waals surface area contributed by atoms with Crippen LogP contribution in [0.2, 0.25) is 5.02 Å². The molecule has 0 amide bonds. The third-order valence-electron chi connectivity index (χ3n) is 5.01. The summed E-state index contributed by atoms with van der Waals surface area (Å²) in [5.74, 6) is -0.230. The Kier molecular flexibility index (Phi) is 4.48. The van der Waals surface area contributed by atoms with Crippen molar-refractivity contribution in [3.8, 4) is 5.75 Å². The van der Waals surface area contributed by atoms with Gasteiger partial charge in [0.15, 0.2) is 5.11 Å². The van der Waals surface area contributed by atoms with Crippen molar-refractivity contribution in [1.29, 1.82) is 0 Å². The molecule has 5 nitrogen and oxygen atoms in total. The normalized spacial score (nSPS) is 25.9. The summed E-state index contributed by atoms with van der Waals surface area (Å²) in [6.07, 6.45) is 0. The molecular weight excluding hydrogens is 384 g/mol. The highest BCUT2D eigenvalue weighted by atomic mass is 35.5. The van der Waals surface area contributed by atoms with Crippen LogP contribution in [0.25, 0.3) is 0 Å². The summed E-state index contributed by atoms with van der Waals surface area (Å²) in [5.41, 5.74) is 0.578. The number of esters is 1. The van der Waals surface area contributed by atoms with E-state index in [2.05, 4.69) is 5.32 Å². The monoisotopic (exact) mass is 402 g/mol. The molecule has 4 rings (SSSR count). The maximum atomic E-state index is 12.9. The molecule has 3 atom stereocenters. The fourth-order valence-corrected chi connectivity index (χ4v) is 4.52. The number of para-hydroxylation sites is 1. The van der Waals surface area contributed by atoms with E-state index in [1.54, 1.807) is 19.1 Å². The fraction of sp³-hybridized carbons (Fsp3) is 0.300. The first kappa shape index (κ1) is 18.1. The van der Waals surface area contributed by atoms with E-state index in [1.807, 2.05) is 48.2 Å². The molecule has 2 bridgehead atoms. The number of benzene rings is 2. The number of hydrogen-bond acceptors (Lipinski definition) is 4. The number of thiocarbonyl (C=S) groups is 1. The van der Waals surface area contributed by atoms with Crippen molar-refractivity contribution in [1.82, 2.24) is 5.32 Å². The van der Waals surface area contributed by atoms with Gasteiger partial charge in [-0.3, -0.25) is 9.69 Å². The second-order valence-corrected chi connectivity index (χ2v) is 7.49. The summed E-state index contributed by atoms with van der Waals surface area (Å²) >= 11 is 11.8. The summed E-state index contributed by atoms with van der Waals surface area (Å²) in [5, 5.41) is 4.37. The molecule has 0 aromatic heterocycles. The number of anilines is 1. The third kappa shape index (κ3) is 2.84. The lowest BCUT2D eigenvalue weighted by Crippen LogP contribution is -2.71. The van der Waals surface area contributed by atoms with Crippen LogP contribution in [-0.4, -0.2) is 23.4 Å². The smallest absolute Gasteiger partial charge is 0.317 e. The van der Waals surface area contributed by atoms with Gasteiger partial charge < -0.3 is 14.8 Å². The zero-order chi connectivity index (χ0) is 19.2. The van der Waals surface area contributed by atoms with Crippen LogP contribution in [0.3, 0.4) is 0 Å². The molecule has 27 heavy (non-hydrogen) atoms. The molecule has 1 N–H and O–H groups in total. The second-order valence-electron chi connectivity index (χ2n) is 6.67. The van der Waals surface area contributed by atoms with Crippen LogP contribution in [0.15, 0.2) is 48.5 Å². The van der Waals surface area contributed by atoms with E-state index in [-0.39, 0.29) is 12.0 Å². The molecule has 140 valence electrons. The number of hydrogen-bond donors (Lipinski definition) is 1. The van der Waals surface area contributed by atoms with Gasteiger partial charge in [0.25, 0.3) is 0 Å². The van der Waals surface area contributed by atoms with E-state index < -0.39 is 11.6 Å². The number of ether oxygens (including phenoxy) is 2. The molecule has 0 aliphatic carbocycles. The van der Waals surface area contributed by atoms with Crippen molar-refractivity contribution < 1.29 is 14.3 Å². The Labute approximate surface area is 168 Å². The van der Waals surface area contributed by atoms with Gasteiger partial charge in [-0.15, -0.1) is 0 Å². The molecule has 0 spiro atoms. The highest BCUT2D eigenvalue weighted by Gasteiger charge is 2.59. The van der Waals surface area contributed by atoms with E-state index >= 15 is 0 Å². The Morgan fingerprint density at radius 1 is 1.33 bits per heavy atom. The lowest BCUT2D eigenvalue weighted by molar-refractivity contribution is -0.159. The molecule has 7 heteroatoms. The van der Waals surface area contributed by atoms with Crippen molar-refractivity contribution in [2.45, 2.75) is 25.6 Å². The minimum Gasteiger partial charge on any atom is -0.466 e. The maximum absolute atomic E-state index is 12.9. The number of halogens is 1. The van der Waals surface area contributed by atoms with E-state index in [0.717, 1.165) is 11.3 Å². The molecule has 2 aliphatic rings. The Morgan fingerprint density at radius 2 is 2.11 bits per heavy atom. The predicted molar refractivity (Wildman–Crippen MR) is 108 cm³/mol. The zero-order valence-corrected chi connectivity index (χ0v) is 16.5. The molecule has 0 unspecified atom stereocenters. The lowest BCUT2D eigenvalue weighted by atomic mass is 9.79. The standard InChI is InChI=1S/C20H19ClN2O3S/c1-3-25-18(24)16-17-14-9-4-5-10-15(14)26-20(16,2)23(19(27)22-17)13-8-6-7-12(21)11-13/h4-11,16-17H,3H2,1-2H3,(H,22,27)/t16-,17+,20-/m0/s1. The number of fused-ring (bicyclic) bond motifs is 4. The molecular formula is C20H19ClN2O3S. The number of nitrogens with one attached hydrogen (secondary N) is 1. The molecule has 1 fully saturated rings. The van der Waals surface area contributed by atoms with Gasteiger partial charge in [0.1, 0.15) is 11.7 Å². The van der Waals surface area contributed by atoms with Gasteiger partial charge in [0.05, 0.1) is 12.6 Å². The molecule has 2 aliphatic heterocycles. The topological polar surface area (TPSA) is 50.8 Å². The number of carbonyl (C=O) groups is 1. The summed E-state index contributed by atoms with van der Waals surface area (Å²) in [4.78, 5) is 14.7. The highest BCUT2D eigenvalue weighted by molar-refractivity contribution is 7.80. The molecule has 2 aromatic carbocycles. The van der Waals surface area contributed by atoms with Crippen LogP contribution in [-0.2, 0) is 9.53 Å². The Hall–Kier alpha value is -2.31. The van der Waals surface area contributed by atoms with Crippen LogP contribution in [0.1, 0.15) is 25.5 Å². The van der Waals surface area contributed by atoms with Crippen LogP contribution in [0.5, 0.6) is 5.75 Å². The molecule has 1 saturated heterocycles. The van der Waals surface area contributed by atoms with E-state index in [0.29, 0.717) is 22.5 Å². The number of rotatable bonds is 3.